The molecule has 0 radical (unpaired) electrons. The average molecular weight is 509 g/mol. The van der Waals surface area contributed by atoms with Crippen molar-refractivity contribution in [3.05, 3.63) is 100 Å². The van der Waals surface area contributed by atoms with Gasteiger partial charge < -0.3 is 10.4 Å². The van der Waals surface area contributed by atoms with Crippen molar-refractivity contribution in [3.8, 4) is 0 Å². The first-order valence-electron chi connectivity index (χ1n) is 10.9. The lowest BCUT2D eigenvalue weighted by molar-refractivity contribution is 0.134. The maximum Gasteiger partial charge on any atom is 0.240 e. The van der Waals surface area contributed by atoms with Gasteiger partial charge >= 0.3 is 0 Å². The van der Waals surface area contributed by atoms with Crippen LogP contribution in [0.1, 0.15) is 23.6 Å². The summed E-state index contributed by atoms with van der Waals surface area (Å²) in [6.45, 7) is 2.58. The third-order valence-corrected chi connectivity index (χ3v) is 7.06. The summed E-state index contributed by atoms with van der Waals surface area (Å²) in [5, 5.41) is 14.2. The molecule has 182 valence electrons. The molecule has 3 aromatic rings. The Hall–Kier alpha value is -2.36. The third kappa shape index (κ3) is 7.58. The van der Waals surface area contributed by atoms with E-state index in [0.29, 0.717) is 6.54 Å². The molecule has 2 unspecified atom stereocenters. The van der Waals surface area contributed by atoms with Gasteiger partial charge in [0.05, 0.1) is 17.0 Å². The lowest BCUT2D eigenvalue weighted by atomic mass is 10.0. The SMILES string of the molecule is CCc1cccc(CNCC(O)C(Cc2cc(F)cc(F)c2)NS(=O)(=O)c2cccc(Cl)c2)c1. The van der Waals surface area contributed by atoms with Crippen molar-refractivity contribution >= 4 is 21.6 Å². The Labute approximate surface area is 203 Å². The van der Waals surface area contributed by atoms with Crippen molar-refractivity contribution in [2.75, 3.05) is 6.54 Å². The molecule has 0 saturated carbocycles. The first-order chi connectivity index (χ1) is 16.2. The second kappa shape index (κ2) is 11.9. The van der Waals surface area contributed by atoms with E-state index in [4.69, 9.17) is 11.6 Å². The molecule has 3 rings (SSSR count). The van der Waals surface area contributed by atoms with Crippen LogP contribution < -0.4 is 10.0 Å². The molecule has 0 heterocycles. The zero-order chi connectivity index (χ0) is 24.7. The summed E-state index contributed by atoms with van der Waals surface area (Å²) in [5.74, 6) is -1.57. The zero-order valence-corrected chi connectivity index (χ0v) is 20.2. The second-order valence-electron chi connectivity index (χ2n) is 8.04. The molecule has 0 amide bonds. The normalized spacial score (nSPS) is 13.6. The van der Waals surface area contributed by atoms with E-state index >= 15 is 0 Å². The highest BCUT2D eigenvalue weighted by molar-refractivity contribution is 7.89. The average Bonchev–Trinajstić information content (AvgIpc) is 2.78. The van der Waals surface area contributed by atoms with Crippen LogP contribution >= 0.6 is 11.6 Å². The third-order valence-electron chi connectivity index (χ3n) is 5.34. The highest BCUT2D eigenvalue weighted by Crippen LogP contribution is 2.18. The maximum absolute atomic E-state index is 13.7. The first kappa shape index (κ1) is 26.2. The van der Waals surface area contributed by atoms with E-state index in [-0.39, 0.29) is 28.4 Å². The highest BCUT2D eigenvalue weighted by Gasteiger charge is 2.27. The van der Waals surface area contributed by atoms with E-state index in [1.54, 1.807) is 6.07 Å². The van der Waals surface area contributed by atoms with Gasteiger partial charge in [0.2, 0.25) is 10.0 Å². The number of rotatable bonds is 11. The van der Waals surface area contributed by atoms with Crippen molar-refractivity contribution in [2.24, 2.45) is 0 Å². The summed E-state index contributed by atoms with van der Waals surface area (Å²) in [4.78, 5) is -0.0769. The Morgan fingerprint density at radius 1 is 0.941 bits per heavy atom. The standard InChI is InChI=1S/C25H27ClF2N2O3S/c1-2-17-5-3-6-18(9-17)15-29-16-25(31)24(12-19-10-21(27)14-22(28)11-19)30-34(32,33)23-8-4-7-20(26)13-23/h3-11,13-14,24-25,29-31H,2,12,15-16H2,1H3. The van der Waals surface area contributed by atoms with Gasteiger partial charge in [-0.2, -0.15) is 0 Å². The van der Waals surface area contributed by atoms with Crippen molar-refractivity contribution in [3.63, 3.8) is 0 Å². The Bertz CT molecular complexity index is 1200. The number of sulfonamides is 1. The topological polar surface area (TPSA) is 78.4 Å². The Kier molecular flexibility index (Phi) is 9.16. The van der Waals surface area contributed by atoms with Crippen LogP contribution in [0.4, 0.5) is 8.78 Å². The molecule has 0 fully saturated rings. The summed E-state index contributed by atoms with van der Waals surface area (Å²) < 4.78 is 55.8. The van der Waals surface area contributed by atoms with Gasteiger partial charge in [0, 0.05) is 24.2 Å². The summed E-state index contributed by atoms with van der Waals surface area (Å²) in [5.41, 5.74) is 2.42. The number of aliphatic hydroxyl groups is 1. The molecule has 34 heavy (non-hydrogen) atoms. The van der Waals surface area contributed by atoms with Crippen LogP contribution in [-0.2, 0) is 29.4 Å². The molecule has 0 bridgehead atoms. The van der Waals surface area contributed by atoms with Crippen LogP contribution in [0.2, 0.25) is 5.02 Å². The molecule has 0 spiro atoms. The van der Waals surface area contributed by atoms with E-state index in [1.165, 1.54) is 23.8 Å². The number of benzene rings is 3. The number of aliphatic hydroxyl groups excluding tert-OH is 1. The molecule has 3 aromatic carbocycles. The molecular weight excluding hydrogens is 482 g/mol. The van der Waals surface area contributed by atoms with Gasteiger partial charge in [-0.1, -0.05) is 48.9 Å². The summed E-state index contributed by atoms with van der Waals surface area (Å²) in [7, 11) is -4.06. The fourth-order valence-electron chi connectivity index (χ4n) is 3.61. The lowest BCUT2D eigenvalue weighted by Gasteiger charge is -2.25. The van der Waals surface area contributed by atoms with Gasteiger partial charge in [0.15, 0.2) is 0 Å². The van der Waals surface area contributed by atoms with Crippen molar-refractivity contribution < 1.29 is 22.3 Å². The van der Waals surface area contributed by atoms with Crippen LogP contribution in [0.3, 0.4) is 0 Å². The Balaban J connectivity index is 1.77. The molecule has 3 N–H and O–H groups in total. The minimum Gasteiger partial charge on any atom is -0.390 e. The molecule has 0 aliphatic heterocycles. The summed E-state index contributed by atoms with van der Waals surface area (Å²) in [6.07, 6.45) is -0.411. The Morgan fingerprint density at radius 3 is 2.29 bits per heavy atom. The first-order valence-corrected chi connectivity index (χ1v) is 12.7. The minimum atomic E-state index is -4.06. The number of nitrogens with one attached hydrogen (secondary N) is 2. The molecule has 5 nitrogen and oxygen atoms in total. The van der Waals surface area contributed by atoms with Gasteiger partial charge in [-0.25, -0.2) is 21.9 Å². The van der Waals surface area contributed by atoms with Crippen LogP contribution in [-0.4, -0.2) is 32.2 Å². The number of aryl methyl sites for hydroxylation is 1. The molecule has 0 aliphatic carbocycles. The van der Waals surface area contributed by atoms with Gasteiger partial charge in [-0.15, -0.1) is 0 Å². The zero-order valence-electron chi connectivity index (χ0n) is 18.6. The van der Waals surface area contributed by atoms with E-state index < -0.39 is 33.8 Å². The maximum atomic E-state index is 13.7. The van der Waals surface area contributed by atoms with E-state index in [1.807, 2.05) is 24.3 Å². The lowest BCUT2D eigenvalue weighted by Crippen LogP contribution is -2.48. The number of halogens is 3. The smallest absolute Gasteiger partial charge is 0.240 e. The predicted molar refractivity (Wildman–Crippen MR) is 129 cm³/mol. The molecule has 0 aliphatic rings. The predicted octanol–water partition coefficient (Wildman–Crippen LogP) is 4.22. The molecular formula is C25H27ClF2N2O3S. The number of hydrogen-bond acceptors (Lipinski definition) is 4. The van der Waals surface area contributed by atoms with Gasteiger partial charge in [0.25, 0.3) is 0 Å². The van der Waals surface area contributed by atoms with Crippen LogP contribution in [0.15, 0.2) is 71.6 Å². The van der Waals surface area contributed by atoms with E-state index in [9.17, 15) is 22.3 Å². The summed E-state index contributed by atoms with van der Waals surface area (Å²) >= 11 is 5.93. The van der Waals surface area contributed by atoms with E-state index in [0.717, 1.165) is 30.2 Å². The van der Waals surface area contributed by atoms with Crippen molar-refractivity contribution in [1.82, 2.24) is 10.0 Å². The quantitative estimate of drug-likeness (QED) is 0.362. The minimum absolute atomic E-state index is 0.0525. The molecule has 2 atom stereocenters. The van der Waals surface area contributed by atoms with E-state index in [2.05, 4.69) is 17.0 Å². The molecule has 0 saturated heterocycles. The fourth-order valence-corrected chi connectivity index (χ4v) is 5.18. The van der Waals surface area contributed by atoms with Crippen molar-refractivity contribution in [1.29, 1.82) is 0 Å². The van der Waals surface area contributed by atoms with Crippen molar-refractivity contribution in [2.45, 2.75) is 43.4 Å². The van der Waals surface area contributed by atoms with Crippen LogP contribution in [0.25, 0.3) is 0 Å². The van der Waals surface area contributed by atoms with Gasteiger partial charge in [0.1, 0.15) is 11.6 Å². The highest BCUT2D eigenvalue weighted by atomic mass is 35.5. The summed E-state index contributed by atoms with van der Waals surface area (Å²) in [6, 6.07) is 15.6. The molecule has 9 heteroatoms. The fraction of sp³-hybridized carbons (Fsp3) is 0.280. The van der Waals surface area contributed by atoms with Gasteiger partial charge in [-0.3, -0.25) is 0 Å². The monoisotopic (exact) mass is 508 g/mol. The Morgan fingerprint density at radius 2 is 1.62 bits per heavy atom. The van der Waals surface area contributed by atoms with Crippen LogP contribution in [0.5, 0.6) is 0 Å². The van der Waals surface area contributed by atoms with Crippen LogP contribution in [0, 0.1) is 11.6 Å². The molecule has 0 aromatic heterocycles. The largest absolute Gasteiger partial charge is 0.390 e. The van der Waals surface area contributed by atoms with Gasteiger partial charge in [-0.05, 0) is 59.9 Å². The second-order valence-corrected chi connectivity index (χ2v) is 10.2. The number of hydrogen-bond donors (Lipinski definition) is 3.